The average Bonchev–Trinajstić information content (AvgIpc) is 2.75. The van der Waals surface area contributed by atoms with Crippen LogP contribution in [-0.2, 0) is 0 Å². The third-order valence-corrected chi connectivity index (χ3v) is 5.57. The first kappa shape index (κ1) is 17.1. The van der Waals surface area contributed by atoms with Crippen molar-refractivity contribution in [1.82, 2.24) is 5.32 Å². The minimum atomic E-state index is -0.527. The van der Waals surface area contributed by atoms with Crippen molar-refractivity contribution in [2.45, 2.75) is 26.3 Å². The summed E-state index contributed by atoms with van der Waals surface area (Å²) in [6, 6.07) is 4.19. The number of aryl methyl sites for hydroxylation is 1. The molecule has 0 saturated heterocycles. The van der Waals surface area contributed by atoms with E-state index in [4.69, 9.17) is 0 Å². The van der Waals surface area contributed by atoms with Crippen LogP contribution in [0.15, 0.2) is 25.8 Å². The summed E-state index contributed by atoms with van der Waals surface area (Å²) in [5.74, 6) is -1.04. The van der Waals surface area contributed by atoms with Gasteiger partial charge in [0.15, 0.2) is 0 Å². The number of nitrogens with one attached hydrogen (secondary N) is 1. The van der Waals surface area contributed by atoms with E-state index in [1.165, 1.54) is 11.3 Å². The highest BCUT2D eigenvalue weighted by Crippen LogP contribution is 2.38. The summed E-state index contributed by atoms with van der Waals surface area (Å²) in [5, 5.41) is 3.34. The second-order valence-corrected chi connectivity index (χ2v) is 8.54. The Morgan fingerprint density at radius 2 is 1.86 bits per heavy atom. The molecular weight excluding hydrogens is 424 g/mol. The van der Waals surface area contributed by atoms with Gasteiger partial charge in [-0.1, -0.05) is 6.92 Å². The smallest absolute Gasteiger partial charge is 0.131 e. The summed E-state index contributed by atoms with van der Waals surface area (Å²) < 4.78 is 29.6. The standard InChI is InChI=1S/C15H15Br2F2NS/c1-3-4-20-14(10-6-13(16)21-15(10)17)9-5-8(2)11(18)7-12(9)19/h5-7,14,20H,3-4H2,1-2H3. The lowest BCUT2D eigenvalue weighted by molar-refractivity contribution is 0.530. The molecule has 0 saturated carbocycles. The van der Waals surface area contributed by atoms with Gasteiger partial charge in [0.2, 0.25) is 0 Å². The SMILES string of the molecule is CCCNC(c1cc(C)c(F)cc1F)c1cc(Br)sc1Br. The molecule has 0 fully saturated rings. The molecule has 114 valence electrons. The van der Waals surface area contributed by atoms with Crippen LogP contribution in [0.2, 0.25) is 0 Å². The number of thiophene rings is 1. The molecule has 0 bridgehead atoms. The molecule has 1 unspecified atom stereocenters. The van der Waals surface area contributed by atoms with Crippen LogP contribution >= 0.6 is 43.2 Å². The van der Waals surface area contributed by atoms with Gasteiger partial charge in [-0.25, -0.2) is 8.78 Å². The maximum atomic E-state index is 14.2. The number of hydrogen-bond donors (Lipinski definition) is 1. The Labute approximate surface area is 144 Å². The van der Waals surface area contributed by atoms with Crippen molar-refractivity contribution < 1.29 is 8.78 Å². The van der Waals surface area contributed by atoms with Gasteiger partial charge in [0.1, 0.15) is 11.6 Å². The van der Waals surface area contributed by atoms with Crippen molar-refractivity contribution in [3.8, 4) is 0 Å². The first-order valence-corrected chi connectivity index (χ1v) is 8.98. The molecule has 0 aliphatic rings. The quantitative estimate of drug-likeness (QED) is 0.608. The zero-order valence-corrected chi connectivity index (χ0v) is 15.6. The molecule has 1 heterocycles. The van der Waals surface area contributed by atoms with Crippen molar-refractivity contribution in [2.24, 2.45) is 0 Å². The average molecular weight is 439 g/mol. The predicted molar refractivity (Wildman–Crippen MR) is 91.0 cm³/mol. The molecule has 0 amide bonds. The van der Waals surface area contributed by atoms with Gasteiger partial charge in [0.05, 0.1) is 13.6 Å². The van der Waals surface area contributed by atoms with Gasteiger partial charge in [-0.05, 0) is 75.0 Å². The van der Waals surface area contributed by atoms with Crippen molar-refractivity contribution in [3.63, 3.8) is 0 Å². The van der Waals surface area contributed by atoms with Crippen LogP contribution in [-0.4, -0.2) is 6.54 Å². The van der Waals surface area contributed by atoms with Crippen LogP contribution in [0.3, 0.4) is 0 Å². The van der Waals surface area contributed by atoms with Crippen LogP contribution < -0.4 is 5.32 Å². The normalized spacial score (nSPS) is 12.7. The molecule has 1 aromatic carbocycles. The summed E-state index contributed by atoms with van der Waals surface area (Å²) >= 11 is 8.50. The fourth-order valence-electron chi connectivity index (χ4n) is 2.13. The third kappa shape index (κ3) is 3.92. The fraction of sp³-hybridized carbons (Fsp3) is 0.333. The number of rotatable bonds is 5. The van der Waals surface area contributed by atoms with Crippen LogP contribution in [0.1, 0.15) is 36.1 Å². The summed E-state index contributed by atoms with van der Waals surface area (Å²) in [4.78, 5) is 0. The number of halogens is 4. The molecule has 1 nitrogen and oxygen atoms in total. The minimum absolute atomic E-state index is 0.304. The van der Waals surface area contributed by atoms with Crippen molar-refractivity contribution >= 4 is 43.2 Å². The Morgan fingerprint density at radius 3 is 2.43 bits per heavy atom. The largest absolute Gasteiger partial charge is 0.306 e. The zero-order chi connectivity index (χ0) is 15.6. The zero-order valence-electron chi connectivity index (χ0n) is 11.6. The highest BCUT2D eigenvalue weighted by atomic mass is 79.9. The number of benzene rings is 1. The summed E-state index contributed by atoms with van der Waals surface area (Å²) in [5.41, 5.74) is 1.86. The fourth-order valence-corrected chi connectivity index (χ4v) is 5.03. The van der Waals surface area contributed by atoms with Gasteiger partial charge >= 0.3 is 0 Å². The van der Waals surface area contributed by atoms with E-state index in [9.17, 15) is 8.78 Å². The molecule has 1 atom stereocenters. The maximum Gasteiger partial charge on any atom is 0.131 e. The molecule has 21 heavy (non-hydrogen) atoms. The Bertz CT molecular complexity index is 643. The summed E-state index contributed by atoms with van der Waals surface area (Å²) in [6.45, 7) is 4.45. The lowest BCUT2D eigenvalue weighted by Crippen LogP contribution is -2.24. The lowest BCUT2D eigenvalue weighted by Gasteiger charge is -2.20. The van der Waals surface area contributed by atoms with E-state index in [1.807, 2.05) is 6.07 Å². The molecule has 2 rings (SSSR count). The Morgan fingerprint density at radius 1 is 1.14 bits per heavy atom. The second kappa shape index (κ2) is 7.31. The van der Waals surface area contributed by atoms with Crippen LogP contribution in [0.25, 0.3) is 0 Å². The van der Waals surface area contributed by atoms with Gasteiger partial charge in [0.25, 0.3) is 0 Å². The number of hydrogen-bond acceptors (Lipinski definition) is 2. The monoisotopic (exact) mass is 437 g/mol. The molecule has 0 radical (unpaired) electrons. The van der Waals surface area contributed by atoms with Gasteiger partial charge < -0.3 is 5.32 Å². The van der Waals surface area contributed by atoms with E-state index < -0.39 is 11.6 Å². The highest BCUT2D eigenvalue weighted by Gasteiger charge is 2.22. The Hall–Kier alpha value is -0.300. The van der Waals surface area contributed by atoms with Crippen LogP contribution in [0.4, 0.5) is 8.78 Å². The van der Waals surface area contributed by atoms with Crippen molar-refractivity contribution in [2.75, 3.05) is 6.54 Å². The molecule has 1 aromatic heterocycles. The first-order valence-electron chi connectivity index (χ1n) is 6.57. The lowest BCUT2D eigenvalue weighted by atomic mass is 9.98. The van der Waals surface area contributed by atoms with Crippen LogP contribution in [0, 0.1) is 18.6 Å². The van der Waals surface area contributed by atoms with Gasteiger partial charge in [-0.2, -0.15) is 0 Å². The topological polar surface area (TPSA) is 12.0 Å². The molecule has 0 spiro atoms. The highest BCUT2D eigenvalue weighted by molar-refractivity contribution is 9.12. The molecule has 0 aliphatic carbocycles. The molecule has 2 aromatic rings. The van der Waals surface area contributed by atoms with Crippen LogP contribution in [0.5, 0.6) is 0 Å². The maximum absolute atomic E-state index is 14.2. The molecular formula is C15H15Br2F2NS. The second-order valence-electron chi connectivity index (χ2n) is 4.79. The molecule has 0 aliphatic heterocycles. The van der Waals surface area contributed by atoms with Gasteiger partial charge in [-0.3, -0.25) is 0 Å². The van der Waals surface area contributed by atoms with E-state index in [0.717, 1.165) is 32.2 Å². The van der Waals surface area contributed by atoms with E-state index in [2.05, 4.69) is 44.1 Å². The van der Waals surface area contributed by atoms with E-state index in [-0.39, 0.29) is 6.04 Å². The van der Waals surface area contributed by atoms with E-state index in [1.54, 1.807) is 13.0 Å². The van der Waals surface area contributed by atoms with E-state index >= 15 is 0 Å². The predicted octanol–water partition coefficient (Wildman–Crippen LogP) is 5.95. The van der Waals surface area contributed by atoms with Crippen molar-refractivity contribution in [1.29, 1.82) is 0 Å². The van der Waals surface area contributed by atoms with E-state index in [0.29, 0.717) is 11.1 Å². The Kier molecular flexibility index (Phi) is 5.94. The summed E-state index contributed by atoms with van der Waals surface area (Å²) in [6.07, 6.45) is 0.932. The molecule has 6 heteroatoms. The van der Waals surface area contributed by atoms with Gasteiger partial charge in [0, 0.05) is 11.6 Å². The first-order chi connectivity index (χ1) is 9.93. The summed E-state index contributed by atoms with van der Waals surface area (Å²) in [7, 11) is 0. The van der Waals surface area contributed by atoms with Gasteiger partial charge in [-0.15, -0.1) is 11.3 Å². The third-order valence-electron chi connectivity index (χ3n) is 3.18. The van der Waals surface area contributed by atoms with Crippen molar-refractivity contribution in [3.05, 3.63) is 54.1 Å². The molecule has 1 N–H and O–H groups in total. The minimum Gasteiger partial charge on any atom is -0.306 e. The Balaban J connectivity index is 2.50.